The van der Waals surface area contributed by atoms with E-state index >= 15 is 0 Å². The molecule has 1 amide bonds. The summed E-state index contributed by atoms with van der Waals surface area (Å²) < 4.78 is 158. The van der Waals surface area contributed by atoms with E-state index in [2.05, 4.69) is 0 Å². The zero-order chi connectivity index (χ0) is 33.1. The summed E-state index contributed by atoms with van der Waals surface area (Å²) >= 11 is 0. The Morgan fingerprint density at radius 3 is 1.77 bits per heavy atom. The molecule has 2 aromatic rings. The number of rotatable bonds is 6. The highest BCUT2D eigenvalue weighted by molar-refractivity contribution is 7.92. The molecule has 0 spiro atoms. The summed E-state index contributed by atoms with van der Waals surface area (Å²) in [5.41, 5.74) is -10.4. The van der Waals surface area contributed by atoms with Crippen LogP contribution in [0, 0.1) is 11.2 Å². The van der Waals surface area contributed by atoms with Gasteiger partial charge in [0.05, 0.1) is 16.4 Å². The van der Waals surface area contributed by atoms with Crippen molar-refractivity contribution in [3.63, 3.8) is 0 Å². The maximum absolute atomic E-state index is 14.7. The molecule has 1 unspecified atom stereocenters. The Morgan fingerprint density at radius 2 is 1.32 bits per heavy atom. The summed E-state index contributed by atoms with van der Waals surface area (Å²) in [7, 11) is -8.43. The molecule has 8 nitrogen and oxygen atoms in total. The first-order chi connectivity index (χ1) is 20.0. The van der Waals surface area contributed by atoms with Crippen molar-refractivity contribution in [3.8, 4) is 0 Å². The normalized spacial score (nSPS) is 22.5. The van der Waals surface area contributed by atoms with Gasteiger partial charge in [0.15, 0.2) is 9.84 Å². The fraction of sp³-hybridized carbons (Fsp3) is 0.462. The molecule has 1 N–H and O–H groups in total. The number of amides is 1. The second-order valence-corrected chi connectivity index (χ2v) is 15.3. The minimum absolute atomic E-state index is 0.119. The van der Waals surface area contributed by atoms with E-state index in [1.807, 2.05) is 0 Å². The first-order valence-corrected chi connectivity index (χ1v) is 16.0. The molecule has 0 radical (unpaired) electrons. The van der Waals surface area contributed by atoms with Crippen molar-refractivity contribution < 1.29 is 66.7 Å². The van der Waals surface area contributed by atoms with Crippen molar-refractivity contribution in [1.82, 2.24) is 4.90 Å². The molecular formula is C26H23F8NO7S2. The Labute approximate surface area is 245 Å². The maximum Gasteiger partial charge on any atom is 0.435 e. The number of carbonyl (C=O) groups is 2. The smallest absolute Gasteiger partial charge is 0.435 e. The van der Waals surface area contributed by atoms with Crippen molar-refractivity contribution in [2.24, 2.45) is 5.41 Å². The lowest BCUT2D eigenvalue weighted by molar-refractivity contribution is -0.348. The average molecular weight is 678 g/mol. The SMILES string of the molecule is O=C(O)C1(C(=O)N2CCC(c3ccc(C(F)(C(F)(F)F)C(F)(F)F)cc3)(S(=O)(=O)c3ccc(F)cc3)C2)CCS(=O)(=O)CC1. The second kappa shape index (κ2) is 10.7. The first-order valence-electron chi connectivity index (χ1n) is 12.7. The number of carboxylic acids is 1. The van der Waals surface area contributed by atoms with E-state index in [1.54, 1.807) is 0 Å². The van der Waals surface area contributed by atoms with Gasteiger partial charge in [-0.1, -0.05) is 24.3 Å². The number of nitrogens with zero attached hydrogens (tertiary/aromatic N) is 1. The molecule has 0 aromatic heterocycles. The third-order valence-corrected chi connectivity index (χ3v) is 12.4. The predicted octanol–water partition coefficient (Wildman–Crippen LogP) is 4.30. The minimum atomic E-state index is -6.44. The third kappa shape index (κ3) is 5.22. The highest BCUT2D eigenvalue weighted by atomic mass is 32.2. The van der Waals surface area contributed by atoms with Crippen molar-refractivity contribution in [2.75, 3.05) is 24.6 Å². The number of alkyl halides is 7. The van der Waals surface area contributed by atoms with Gasteiger partial charge in [-0.2, -0.15) is 26.3 Å². The number of hydrogen-bond donors (Lipinski definition) is 1. The van der Waals surface area contributed by atoms with E-state index in [1.165, 1.54) is 0 Å². The highest BCUT2D eigenvalue weighted by Gasteiger charge is 2.73. The van der Waals surface area contributed by atoms with E-state index in [-0.39, 0.29) is 12.1 Å². The predicted molar refractivity (Wildman–Crippen MR) is 136 cm³/mol. The van der Waals surface area contributed by atoms with Crippen LogP contribution >= 0.6 is 0 Å². The van der Waals surface area contributed by atoms with E-state index in [0.29, 0.717) is 12.1 Å². The molecule has 2 aromatic carbocycles. The van der Waals surface area contributed by atoms with E-state index in [0.717, 1.165) is 29.2 Å². The molecule has 2 fully saturated rings. The Bertz CT molecular complexity index is 1640. The Balaban J connectivity index is 1.84. The zero-order valence-corrected chi connectivity index (χ0v) is 23.9. The molecule has 1 atom stereocenters. The molecule has 2 saturated heterocycles. The van der Waals surface area contributed by atoms with Crippen molar-refractivity contribution in [1.29, 1.82) is 0 Å². The molecular weight excluding hydrogens is 654 g/mol. The summed E-state index contributed by atoms with van der Waals surface area (Å²) in [4.78, 5) is 26.1. The van der Waals surface area contributed by atoms with Gasteiger partial charge >= 0.3 is 24.0 Å². The summed E-state index contributed by atoms with van der Waals surface area (Å²) in [5.74, 6) is -4.95. The van der Waals surface area contributed by atoms with Gasteiger partial charge < -0.3 is 10.0 Å². The van der Waals surface area contributed by atoms with Gasteiger partial charge in [-0.15, -0.1) is 0 Å². The van der Waals surface area contributed by atoms with Crippen LogP contribution in [0.3, 0.4) is 0 Å². The molecule has 0 saturated carbocycles. The van der Waals surface area contributed by atoms with Gasteiger partial charge in [0.2, 0.25) is 5.91 Å². The molecule has 2 aliphatic rings. The largest absolute Gasteiger partial charge is 0.480 e. The highest BCUT2D eigenvalue weighted by Crippen LogP contribution is 2.54. The molecule has 2 aliphatic heterocycles. The summed E-state index contributed by atoms with van der Waals surface area (Å²) in [5, 5.41) is 9.92. The van der Waals surface area contributed by atoms with E-state index in [4.69, 9.17) is 0 Å². The van der Waals surface area contributed by atoms with Crippen LogP contribution in [0.5, 0.6) is 0 Å². The van der Waals surface area contributed by atoms with Gasteiger partial charge in [0.25, 0.3) is 0 Å². The number of aliphatic carboxylic acids is 1. The molecule has 4 rings (SSSR count). The topological polar surface area (TPSA) is 126 Å². The van der Waals surface area contributed by atoms with Crippen LogP contribution in [0.25, 0.3) is 0 Å². The van der Waals surface area contributed by atoms with E-state index < -0.39 is 125 Å². The van der Waals surface area contributed by atoms with Crippen LogP contribution in [0.2, 0.25) is 0 Å². The van der Waals surface area contributed by atoms with Crippen LogP contribution in [0.15, 0.2) is 53.4 Å². The van der Waals surface area contributed by atoms with Crippen molar-refractivity contribution in [2.45, 2.75) is 46.9 Å². The van der Waals surface area contributed by atoms with Gasteiger partial charge in [-0.3, -0.25) is 9.59 Å². The van der Waals surface area contributed by atoms with Crippen LogP contribution in [0.4, 0.5) is 35.1 Å². The molecule has 2 heterocycles. The summed E-state index contributed by atoms with van der Waals surface area (Å²) in [6.45, 7) is -1.33. The van der Waals surface area contributed by atoms with Crippen molar-refractivity contribution in [3.05, 3.63) is 65.5 Å². The van der Waals surface area contributed by atoms with E-state index in [9.17, 15) is 66.7 Å². The molecule has 242 valence electrons. The molecule has 18 heteroatoms. The fourth-order valence-electron chi connectivity index (χ4n) is 5.60. The number of carbonyl (C=O) groups excluding carboxylic acids is 1. The fourth-order valence-corrected chi connectivity index (χ4v) is 9.21. The van der Waals surface area contributed by atoms with Gasteiger partial charge in [-0.25, -0.2) is 25.6 Å². The lowest BCUT2D eigenvalue weighted by atomic mass is 9.80. The number of halogens is 8. The Hall–Kier alpha value is -3.28. The van der Waals surface area contributed by atoms with Crippen LogP contribution in [-0.4, -0.2) is 75.7 Å². The number of carboxylic acid groups (broad SMARTS) is 1. The van der Waals surface area contributed by atoms with Crippen LogP contribution in [-0.2, 0) is 39.7 Å². The number of benzene rings is 2. The quantitative estimate of drug-likeness (QED) is 0.275. The Kier molecular flexibility index (Phi) is 8.15. The molecule has 0 aliphatic carbocycles. The maximum atomic E-state index is 14.7. The van der Waals surface area contributed by atoms with Crippen LogP contribution < -0.4 is 0 Å². The van der Waals surface area contributed by atoms with Gasteiger partial charge in [0, 0.05) is 18.7 Å². The monoisotopic (exact) mass is 677 g/mol. The number of likely N-dealkylation sites (tertiary alicyclic amines) is 1. The van der Waals surface area contributed by atoms with Crippen LogP contribution in [0.1, 0.15) is 30.4 Å². The number of hydrogen-bond acceptors (Lipinski definition) is 6. The summed E-state index contributed by atoms with van der Waals surface area (Å²) in [6, 6.07) is 4.54. The van der Waals surface area contributed by atoms with Gasteiger partial charge in [-0.05, 0) is 49.1 Å². The third-order valence-electron chi connectivity index (χ3n) is 8.25. The van der Waals surface area contributed by atoms with Gasteiger partial charge in [0.1, 0.15) is 25.8 Å². The standard InChI is InChI=1S/C26H23F8NO7S2/c27-18-5-7-19(8-6-18)44(41,42)23(16-1-3-17(4-2-16)24(28,25(29,30)31)26(32,33)34)9-12-35(15-23)20(36)22(21(37)38)10-13-43(39,40)14-11-22/h1-8H,9-15H2,(H,37,38). The summed E-state index contributed by atoms with van der Waals surface area (Å²) in [6.07, 6.45) is -14.7. The lowest BCUT2D eigenvalue weighted by Gasteiger charge is -2.36. The number of sulfone groups is 2. The van der Waals surface area contributed by atoms with Crippen molar-refractivity contribution >= 4 is 31.6 Å². The molecule has 44 heavy (non-hydrogen) atoms. The molecule has 0 bridgehead atoms. The first kappa shape index (κ1) is 33.6. The Morgan fingerprint density at radius 1 is 0.818 bits per heavy atom. The second-order valence-electron chi connectivity index (χ2n) is 10.7. The minimum Gasteiger partial charge on any atom is -0.480 e. The zero-order valence-electron chi connectivity index (χ0n) is 22.3. The lowest BCUT2D eigenvalue weighted by Crippen LogP contribution is -2.53. The average Bonchev–Trinajstić information content (AvgIpc) is 3.39.